The third-order valence-corrected chi connectivity index (χ3v) is 5.27. The number of morpholine rings is 1. The number of carbonyl (C=O) groups excluding carboxylic acids is 1. The third kappa shape index (κ3) is 3.28. The lowest BCUT2D eigenvalue weighted by atomic mass is 10.0. The Kier molecular flexibility index (Phi) is 4.11. The number of nitrogens with zero attached hydrogens (tertiary/aromatic N) is 3. The number of amides is 1. The highest BCUT2D eigenvalue weighted by Crippen LogP contribution is 2.40. The predicted molar refractivity (Wildman–Crippen MR) is 84.4 cm³/mol. The van der Waals surface area contributed by atoms with Crippen LogP contribution in [-0.2, 0) is 4.74 Å². The fourth-order valence-corrected chi connectivity index (χ4v) is 3.72. The van der Waals surface area contributed by atoms with Gasteiger partial charge < -0.3 is 14.2 Å². The van der Waals surface area contributed by atoms with Crippen LogP contribution in [0.25, 0.3) is 0 Å². The molecule has 0 N–H and O–H groups in total. The number of likely N-dealkylation sites (tertiary alicyclic amines) is 1. The third-order valence-electron chi connectivity index (χ3n) is 5.27. The second-order valence-electron chi connectivity index (χ2n) is 7.09. The SMILES string of the molecule is C[C@@H]1CN(C2CCN(C(=O)c3cc(C4CC4)on3)CC2)CCO1. The number of carbonyl (C=O) groups is 1. The van der Waals surface area contributed by atoms with Crippen LogP contribution in [0.3, 0.4) is 0 Å². The standard InChI is InChI=1S/C17H25N3O3/c1-12-11-20(8-9-22-12)14-4-6-19(7-5-14)17(21)15-10-16(23-18-15)13-2-3-13/h10,12-14H,2-9,11H2,1H3/t12-/m1/s1. The van der Waals surface area contributed by atoms with Crippen molar-refractivity contribution in [3.8, 4) is 0 Å². The number of aromatic nitrogens is 1. The molecule has 1 saturated carbocycles. The summed E-state index contributed by atoms with van der Waals surface area (Å²) in [5.41, 5.74) is 0.477. The fourth-order valence-electron chi connectivity index (χ4n) is 3.72. The molecule has 3 heterocycles. The Morgan fingerprint density at radius 3 is 2.70 bits per heavy atom. The molecule has 0 spiro atoms. The molecular formula is C17H25N3O3. The van der Waals surface area contributed by atoms with Crippen LogP contribution >= 0.6 is 0 Å². The Labute approximate surface area is 136 Å². The summed E-state index contributed by atoms with van der Waals surface area (Å²) in [5, 5.41) is 3.98. The number of ether oxygens (including phenoxy) is 1. The summed E-state index contributed by atoms with van der Waals surface area (Å²) in [6.45, 7) is 6.58. The van der Waals surface area contributed by atoms with Crippen molar-refractivity contribution in [2.45, 2.75) is 50.7 Å². The van der Waals surface area contributed by atoms with E-state index in [1.165, 1.54) is 0 Å². The zero-order valence-electron chi connectivity index (χ0n) is 13.7. The first-order chi connectivity index (χ1) is 11.2. The molecule has 23 heavy (non-hydrogen) atoms. The first kappa shape index (κ1) is 15.1. The van der Waals surface area contributed by atoms with Crippen LogP contribution in [0.4, 0.5) is 0 Å². The van der Waals surface area contributed by atoms with Crippen molar-refractivity contribution in [2.75, 3.05) is 32.8 Å². The van der Waals surface area contributed by atoms with Gasteiger partial charge in [0.2, 0.25) is 0 Å². The summed E-state index contributed by atoms with van der Waals surface area (Å²) in [7, 11) is 0. The van der Waals surface area contributed by atoms with Gasteiger partial charge in [-0.05, 0) is 32.6 Å². The Bertz CT molecular complexity index is 561. The molecule has 4 rings (SSSR count). The fraction of sp³-hybridized carbons (Fsp3) is 0.765. The van der Waals surface area contributed by atoms with E-state index < -0.39 is 0 Å². The summed E-state index contributed by atoms with van der Waals surface area (Å²) >= 11 is 0. The van der Waals surface area contributed by atoms with E-state index >= 15 is 0 Å². The molecule has 0 bridgehead atoms. The minimum atomic E-state index is 0.0226. The number of hydrogen-bond acceptors (Lipinski definition) is 5. The van der Waals surface area contributed by atoms with Crippen LogP contribution in [0.5, 0.6) is 0 Å². The van der Waals surface area contributed by atoms with Crippen molar-refractivity contribution in [1.29, 1.82) is 0 Å². The van der Waals surface area contributed by atoms with E-state index in [0.29, 0.717) is 23.8 Å². The summed E-state index contributed by atoms with van der Waals surface area (Å²) in [6, 6.07) is 2.42. The first-order valence-corrected chi connectivity index (χ1v) is 8.82. The van der Waals surface area contributed by atoms with Crippen molar-refractivity contribution in [2.24, 2.45) is 0 Å². The first-order valence-electron chi connectivity index (χ1n) is 8.82. The van der Waals surface area contributed by atoms with Gasteiger partial charge in [0.25, 0.3) is 5.91 Å². The van der Waals surface area contributed by atoms with Gasteiger partial charge in [0.1, 0.15) is 5.76 Å². The predicted octanol–water partition coefficient (Wildman–Crippen LogP) is 1.88. The molecule has 1 amide bonds. The second kappa shape index (κ2) is 6.24. The Hall–Kier alpha value is -1.40. The lowest BCUT2D eigenvalue weighted by molar-refractivity contribution is -0.0424. The molecule has 1 atom stereocenters. The zero-order valence-corrected chi connectivity index (χ0v) is 13.7. The lowest BCUT2D eigenvalue weighted by Crippen LogP contribution is -2.51. The minimum absolute atomic E-state index is 0.0226. The van der Waals surface area contributed by atoms with Gasteiger partial charge in [-0.15, -0.1) is 0 Å². The maximum Gasteiger partial charge on any atom is 0.276 e. The smallest absolute Gasteiger partial charge is 0.276 e. The molecule has 0 aromatic carbocycles. The maximum absolute atomic E-state index is 12.6. The van der Waals surface area contributed by atoms with Crippen molar-refractivity contribution < 1.29 is 14.1 Å². The molecular weight excluding hydrogens is 294 g/mol. The topological polar surface area (TPSA) is 58.8 Å². The molecule has 1 aromatic heterocycles. The highest BCUT2D eigenvalue weighted by atomic mass is 16.5. The molecule has 0 radical (unpaired) electrons. The number of hydrogen-bond donors (Lipinski definition) is 0. The quantitative estimate of drug-likeness (QED) is 0.851. The van der Waals surface area contributed by atoms with Crippen LogP contribution in [0.2, 0.25) is 0 Å². The molecule has 0 unspecified atom stereocenters. The average molecular weight is 319 g/mol. The molecule has 1 aliphatic carbocycles. The molecule has 3 fully saturated rings. The van der Waals surface area contributed by atoms with Gasteiger partial charge in [0.15, 0.2) is 5.69 Å². The normalized spacial score (nSPS) is 27.3. The van der Waals surface area contributed by atoms with Gasteiger partial charge in [0.05, 0.1) is 12.7 Å². The summed E-state index contributed by atoms with van der Waals surface area (Å²) in [6.07, 6.45) is 4.70. The monoisotopic (exact) mass is 319 g/mol. The van der Waals surface area contributed by atoms with E-state index in [2.05, 4.69) is 17.0 Å². The summed E-state index contributed by atoms with van der Waals surface area (Å²) in [4.78, 5) is 17.0. The lowest BCUT2D eigenvalue weighted by Gasteiger charge is -2.41. The van der Waals surface area contributed by atoms with Crippen LogP contribution in [-0.4, -0.2) is 65.8 Å². The molecule has 6 nitrogen and oxygen atoms in total. The van der Waals surface area contributed by atoms with Crippen LogP contribution in [0.15, 0.2) is 10.6 Å². The van der Waals surface area contributed by atoms with E-state index in [1.807, 2.05) is 11.0 Å². The van der Waals surface area contributed by atoms with Crippen LogP contribution < -0.4 is 0 Å². The van der Waals surface area contributed by atoms with Gasteiger partial charge in [-0.1, -0.05) is 5.16 Å². The van der Waals surface area contributed by atoms with E-state index in [1.54, 1.807) is 0 Å². The molecule has 2 saturated heterocycles. The second-order valence-corrected chi connectivity index (χ2v) is 7.09. The molecule has 1 aromatic rings. The van der Waals surface area contributed by atoms with E-state index in [9.17, 15) is 4.79 Å². The highest BCUT2D eigenvalue weighted by Gasteiger charge is 2.32. The van der Waals surface area contributed by atoms with E-state index in [-0.39, 0.29) is 5.91 Å². The number of rotatable bonds is 3. The largest absolute Gasteiger partial charge is 0.376 e. The van der Waals surface area contributed by atoms with Crippen molar-refractivity contribution in [3.05, 3.63) is 17.5 Å². The minimum Gasteiger partial charge on any atom is -0.376 e. The molecule has 126 valence electrons. The van der Waals surface area contributed by atoms with Gasteiger partial charge in [-0.2, -0.15) is 0 Å². The highest BCUT2D eigenvalue weighted by molar-refractivity contribution is 5.92. The average Bonchev–Trinajstić information content (AvgIpc) is 3.32. The van der Waals surface area contributed by atoms with Crippen LogP contribution in [0.1, 0.15) is 54.8 Å². The van der Waals surface area contributed by atoms with E-state index in [4.69, 9.17) is 9.26 Å². The maximum atomic E-state index is 12.6. The zero-order chi connectivity index (χ0) is 15.8. The Morgan fingerprint density at radius 1 is 1.22 bits per heavy atom. The van der Waals surface area contributed by atoms with Gasteiger partial charge in [0, 0.05) is 44.2 Å². The van der Waals surface area contributed by atoms with Crippen LogP contribution in [0, 0.1) is 0 Å². The van der Waals surface area contributed by atoms with E-state index in [0.717, 1.165) is 64.2 Å². The summed E-state index contributed by atoms with van der Waals surface area (Å²) in [5.74, 6) is 1.40. The van der Waals surface area contributed by atoms with Gasteiger partial charge in [-0.25, -0.2) is 0 Å². The Morgan fingerprint density at radius 2 is 2.00 bits per heavy atom. The van der Waals surface area contributed by atoms with Gasteiger partial charge >= 0.3 is 0 Å². The van der Waals surface area contributed by atoms with Crippen molar-refractivity contribution in [1.82, 2.24) is 15.0 Å². The van der Waals surface area contributed by atoms with Gasteiger partial charge in [-0.3, -0.25) is 9.69 Å². The summed E-state index contributed by atoms with van der Waals surface area (Å²) < 4.78 is 10.9. The van der Waals surface area contributed by atoms with Crippen molar-refractivity contribution >= 4 is 5.91 Å². The molecule has 3 aliphatic rings. The molecule has 6 heteroatoms. The Balaban J connectivity index is 1.32. The number of piperidine rings is 1. The van der Waals surface area contributed by atoms with Crippen molar-refractivity contribution in [3.63, 3.8) is 0 Å². The molecule has 2 aliphatic heterocycles.